The summed E-state index contributed by atoms with van der Waals surface area (Å²) >= 11 is 0. The molecule has 0 aliphatic rings. The number of nitrogens with one attached hydrogen (secondary N) is 1. The van der Waals surface area contributed by atoms with Crippen LogP contribution < -0.4 is 5.32 Å². The van der Waals surface area contributed by atoms with Crippen molar-refractivity contribution in [2.45, 2.75) is 71.4 Å². The third kappa shape index (κ3) is 7.26. The number of halogens is 3. The lowest BCUT2D eigenvalue weighted by molar-refractivity contribution is -0.136. The second-order valence-corrected chi connectivity index (χ2v) is 9.01. The van der Waals surface area contributed by atoms with E-state index < -0.39 is 29.7 Å². The number of rotatable bonds is 9. The number of amides is 1. The van der Waals surface area contributed by atoms with Crippen LogP contribution in [-0.2, 0) is 16.9 Å². The highest BCUT2D eigenvalue weighted by molar-refractivity contribution is 6.09. The molecule has 1 heterocycles. The van der Waals surface area contributed by atoms with E-state index in [0.717, 1.165) is 0 Å². The Hall–Kier alpha value is -2.98. The molecule has 7 nitrogen and oxygen atoms in total. The third-order valence-electron chi connectivity index (χ3n) is 5.01. The number of carbonyl (C=O) groups is 1. The molecule has 2 rings (SSSR count). The highest BCUT2D eigenvalue weighted by atomic mass is 19.4. The minimum absolute atomic E-state index is 0.0293. The number of carbonyl (C=O) groups excluding carboxylic acids is 1. The van der Waals surface area contributed by atoms with E-state index in [2.05, 4.69) is 22.0 Å². The predicted octanol–water partition coefficient (Wildman–Crippen LogP) is 4.85. The second-order valence-electron chi connectivity index (χ2n) is 9.01. The van der Waals surface area contributed by atoms with Crippen molar-refractivity contribution in [3.05, 3.63) is 48.3 Å². The molecule has 0 saturated heterocycles. The number of hydrogen-bond acceptors (Lipinski definition) is 5. The van der Waals surface area contributed by atoms with E-state index in [9.17, 15) is 28.2 Å². The lowest BCUT2D eigenvalue weighted by Crippen LogP contribution is -2.30. The maximum Gasteiger partial charge on any atom is 0.389 e. The number of aliphatic imine (C=N–C) groups is 1. The summed E-state index contributed by atoms with van der Waals surface area (Å²) in [4.78, 5) is 17.2. The zero-order chi connectivity index (χ0) is 25.9. The van der Waals surface area contributed by atoms with Crippen molar-refractivity contribution < 1.29 is 28.2 Å². The molecule has 0 aliphatic heterocycles. The largest absolute Gasteiger partial charge is 0.389 e. The molecule has 0 fully saturated rings. The van der Waals surface area contributed by atoms with Gasteiger partial charge in [-0.15, -0.1) is 0 Å². The zero-order valence-corrected chi connectivity index (χ0v) is 20.0. The summed E-state index contributed by atoms with van der Waals surface area (Å²) in [5.74, 6) is -0.575. The molecule has 0 spiro atoms. The Morgan fingerprint density at radius 3 is 2.38 bits per heavy atom. The third-order valence-corrected chi connectivity index (χ3v) is 5.01. The summed E-state index contributed by atoms with van der Waals surface area (Å²) in [7, 11) is 0. The Kier molecular flexibility index (Phi) is 8.10. The Balaban J connectivity index is 2.41. The topological polar surface area (TPSA) is 99.7 Å². The normalized spacial score (nSPS) is 13.9. The molecular weight excluding hydrogens is 449 g/mol. The van der Waals surface area contributed by atoms with Crippen molar-refractivity contribution in [1.29, 1.82) is 0 Å². The number of aliphatic hydroxyl groups is 2. The fraction of sp³-hybridized carbons (Fsp3) is 0.458. The minimum Gasteiger partial charge on any atom is -0.386 e. The Bertz CT molecular complexity index is 1120. The van der Waals surface area contributed by atoms with Gasteiger partial charge >= 0.3 is 6.18 Å². The first kappa shape index (κ1) is 27.3. The number of benzene rings is 1. The van der Waals surface area contributed by atoms with Crippen LogP contribution in [-0.4, -0.2) is 43.4 Å². The van der Waals surface area contributed by atoms with Gasteiger partial charge in [-0.25, -0.2) is 4.99 Å². The van der Waals surface area contributed by atoms with E-state index in [1.54, 1.807) is 39.1 Å². The van der Waals surface area contributed by atoms with Gasteiger partial charge in [0.1, 0.15) is 11.3 Å². The maximum atomic E-state index is 13.0. The maximum absolute atomic E-state index is 13.0. The molecular formula is C24H31F3N4O3. The molecule has 0 saturated carbocycles. The van der Waals surface area contributed by atoms with Gasteiger partial charge in [-0.3, -0.25) is 9.48 Å². The van der Waals surface area contributed by atoms with Crippen LogP contribution in [0.4, 0.5) is 18.9 Å². The first-order chi connectivity index (χ1) is 15.5. The molecule has 0 radical (unpaired) electrons. The molecule has 10 heteroatoms. The van der Waals surface area contributed by atoms with Crippen molar-refractivity contribution in [2.75, 3.05) is 5.32 Å². The smallest absolute Gasteiger partial charge is 0.386 e. The van der Waals surface area contributed by atoms with Crippen molar-refractivity contribution in [3.8, 4) is 0 Å². The van der Waals surface area contributed by atoms with Crippen LogP contribution in [0.3, 0.4) is 0 Å². The summed E-state index contributed by atoms with van der Waals surface area (Å²) in [5, 5.41) is 28.5. The fourth-order valence-corrected chi connectivity index (χ4v) is 3.28. The van der Waals surface area contributed by atoms with Gasteiger partial charge in [0.2, 0.25) is 0 Å². The van der Waals surface area contributed by atoms with Gasteiger partial charge in [0.15, 0.2) is 0 Å². The number of hydrogen-bond donors (Lipinski definition) is 3. The van der Waals surface area contributed by atoms with Gasteiger partial charge in [0.05, 0.1) is 16.8 Å². The average molecular weight is 481 g/mol. The van der Waals surface area contributed by atoms with Gasteiger partial charge in [-0.2, -0.15) is 18.3 Å². The molecule has 0 atom stereocenters. The number of allylic oxidation sites excluding steroid dienone is 1. The Morgan fingerprint density at radius 1 is 1.24 bits per heavy atom. The number of alkyl halides is 3. The predicted molar refractivity (Wildman–Crippen MR) is 127 cm³/mol. The summed E-state index contributed by atoms with van der Waals surface area (Å²) in [6.07, 6.45) is -0.835. The van der Waals surface area contributed by atoms with E-state index in [0.29, 0.717) is 22.2 Å². The van der Waals surface area contributed by atoms with Crippen molar-refractivity contribution in [1.82, 2.24) is 9.78 Å². The Labute approximate surface area is 196 Å². The van der Waals surface area contributed by atoms with Crippen LogP contribution in [0.2, 0.25) is 0 Å². The SMILES string of the molecule is C=CC(=N/C(=C\C)C(=O)Nc1cc2cn(CCCC(F)(F)F)nc2cc1C(C)(C)O)C(C)(C)O. The molecule has 0 aliphatic carbocycles. The molecule has 1 amide bonds. The van der Waals surface area contributed by atoms with Crippen LogP contribution in [0.15, 0.2) is 47.7 Å². The highest BCUT2D eigenvalue weighted by Crippen LogP contribution is 2.32. The molecule has 0 unspecified atom stereocenters. The number of fused-ring (bicyclic) bond motifs is 1. The summed E-state index contributed by atoms with van der Waals surface area (Å²) < 4.78 is 38.8. The molecule has 2 aromatic rings. The van der Waals surface area contributed by atoms with E-state index in [1.807, 2.05) is 0 Å². The van der Waals surface area contributed by atoms with Gasteiger partial charge < -0.3 is 15.5 Å². The average Bonchev–Trinajstić information content (AvgIpc) is 3.06. The zero-order valence-electron chi connectivity index (χ0n) is 20.0. The van der Waals surface area contributed by atoms with Gasteiger partial charge in [0.25, 0.3) is 5.91 Å². The van der Waals surface area contributed by atoms with Crippen molar-refractivity contribution in [3.63, 3.8) is 0 Å². The fourth-order valence-electron chi connectivity index (χ4n) is 3.28. The first-order valence-electron chi connectivity index (χ1n) is 10.8. The van der Waals surface area contributed by atoms with Crippen molar-refractivity contribution in [2.24, 2.45) is 4.99 Å². The number of anilines is 1. The van der Waals surface area contributed by atoms with Crippen molar-refractivity contribution >= 4 is 28.2 Å². The van der Waals surface area contributed by atoms with Gasteiger partial charge in [-0.1, -0.05) is 12.7 Å². The molecule has 3 N–H and O–H groups in total. The van der Waals surface area contributed by atoms with E-state index >= 15 is 0 Å². The summed E-state index contributed by atoms with van der Waals surface area (Å²) in [6.45, 7) is 11.4. The molecule has 34 heavy (non-hydrogen) atoms. The van der Waals surface area contributed by atoms with E-state index in [4.69, 9.17) is 0 Å². The number of aryl methyl sites for hydroxylation is 1. The Morgan fingerprint density at radius 2 is 1.88 bits per heavy atom. The minimum atomic E-state index is -4.23. The molecule has 186 valence electrons. The molecule has 1 aromatic carbocycles. The quantitative estimate of drug-likeness (QED) is 0.353. The summed E-state index contributed by atoms with van der Waals surface area (Å²) in [6, 6.07) is 3.20. The van der Waals surface area contributed by atoms with E-state index in [1.165, 1.54) is 30.7 Å². The van der Waals surface area contributed by atoms with Crippen LogP contribution in [0.25, 0.3) is 10.9 Å². The number of aromatic nitrogens is 2. The first-order valence-corrected chi connectivity index (χ1v) is 10.8. The van der Waals surface area contributed by atoms with Crippen LogP contribution in [0, 0.1) is 0 Å². The van der Waals surface area contributed by atoms with Gasteiger partial charge in [-0.05, 0) is 59.2 Å². The highest BCUT2D eigenvalue weighted by Gasteiger charge is 2.27. The van der Waals surface area contributed by atoms with Crippen LogP contribution in [0.5, 0.6) is 0 Å². The number of nitrogens with zero attached hydrogens (tertiary/aromatic N) is 3. The van der Waals surface area contributed by atoms with Crippen LogP contribution in [0.1, 0.15) is 53.0 Å². The summed E-state index contributed by atoms with van der Waals surface area (Å²) in [5.41, 5.74) is -1.28. The lowest BCUT2D eigenvalue weighted by atomic mass is 9.95. The second kappa shape index (κ2) is 10.1. The lowest BCUT2D eigenvalue weighted by Gasteiger charge is -2.22. The standard InChI is InChI=1S/C24H31F3N4O3/c1-7-17(28-20(8-2)23(5,6)34)21(32)29-19-12-15-14-31(11-9-10-24(25,26)27)30-18(15)13-16(19)22(3,4)33/h7-8,12-14,33-34H,2,9-11H2,1,3-6H3,(H,29,32)/b17-7-,28-20?. The molecule has 1 aromatic heterocycles. The van der Waals surface area contributed by atoms with Gasteiger partial charge in [0, 0.05) is 35.8 Å². The van der Waals surface area contributed by atoms with E-state index in [-0.39, 0.29) is 24.4 Å². The monoisotopic (exact) mass is 480 g/mol. The molecule has 0 bridgehead atoms. The van der Waals surface area contributed by atoms with Crippen LogP contribution >= 0.6 is 0 Å².